The van der Waals surface area contributed by atoms with Gasteiger partial charge in [-0.3, -0.25) is 9.36 Å². The van der Waals surface area contributed by atoms with E-state index in [-0.39, 0.29) is 5.56 Å². The van der Waals surface area contributed by atoms with Crippen molar-refractivity contribution in [1.82, 2.24) is 4.57 Å². The largest absolute Gasteiger partial charge is 0.338 e. The third-order valence-corrected chi connectivity index (χ3v) is 13.7. The molecule has 0 saturated heterocycles. The summed E-state index contributed by atoms with van der Waals surface area (Å²) in [7, 11) is 0. The number of nitrogens with zero attached hydrogens (tertiary/aromatic N) is 3. The van der Waals surface area contributed by atoms with Crippen molar-refractivity contribution >= 4 is 68.1 Å². The van der Waals surface area contributed by atoms with Crippen LogP contribution in [0.25, 0.3) is 39.7 Å². The minimum absolute atomic E-state index is 0.0132. The molecule has 57 heavy (non-hydrogen) atoms. The summed E-state index contributed by atoms with van der Waals surface area (Å²) in [6.45, 7) is 3.04. The number of rotatable bonds is 8. The van der Waals surface area contributed by atoms with Crippen LogP contribution in [0.1, 0.15) is 64.9 Å². The molecule has 2 unspecified atom stereocenters. The number of aryl methyl sites for hydroxylation is 1. The van der Waals surface area contributed by atoms with Crippen molar-refractivity contribution in [3.05, 3.63) is 210 Å². The van der Waals surface area contributed by atoms with Gasteiger partial charge in [-0.15, -0.1) is 11.3 Å². The van der Waals surface area contributed by atoms with Gasteiger partial charge in [0, 0.05) is 29.4 Å². The van der Waals surface area contributed by atoms with Crippen LogP contribution in [0.4, 0.5) is 11.4 Å². The fourth-order valence-electron chi connectivity index (χ4n) is 8.93. The Morgan fingerprint density at radius 1 is 0.702 bits per heavy atom. The molecule has 0 amide bonds. The van der Waals surface area contributed by atoms with Gasteiger partial charge in [0.25, 0.3) is 10.6 Å². The van der Waals surface area contributed by atoms with E-state index in [9.17, 15) is 4.79 Å². The molecule has 0 radical (unpaired) electrons. The minimum Gasteiger partial charge on any atom is -0.338 e. The molecule has 1 aliphatic carbocycles. The highest BCUT2D eigenvalue weighted by Gasteiger charge is 2.42. The lowest BCUT2D eigenvalue weighted by molar-refractivity contribution is -0.665. The van der Waals surface area contributed by atoms with Crippen molar-refractivity contribution in [2.75, 3.05) is 4.90 Å². The molecular formula is C51H42N3OS2+. The lowest BCUT2D eigenvalue weighted by atomic mass is 9.95. The highest BCUT2D eigenvalue weighted by Crippen LogP contribution is 2.52. The summed E-state index contributed by atoms with van der Waals surface area (Å²) in [5.74, 6) is 0.473. The lowest BCUT2D eigenvalue weighted by Crippen LogP contribution is -2.35. The predicted molar refractivity (Wildman–Crippen MR) is 239 cm³/mol. The topological polar surface area (TPSA) is 29.1 Å². The van der Waals surface area contributed by atoms with Crippen LogP contribution in [0.3, 0.4) is 0 Å². The maximum Gasteiger partial charge on any atom is 0.273 e. The lowest BCUT2D eigenvalue weighted by Gasteiger charge is -2.27. The Morgan fingerprint density at radius 2 is 1.37 bits per heavy atom. The van der Waals surface area contributed by atoms with E-state index < -0.39 is 0 Å². The van der Waals surface area contributed by atoms with Crippen LogP contribution >= 0.6 is 22.7 Å². The van der Waals surface area contributed by atoms with E-state index in [1.165, 1.54) is 68.7 Å². The first-order valence-corrected chi connectivity index (χ1v) is 21.5. The van der Waals surface area contributed by atoms with Crippen LogP contribution in [0.2, 0.25) is 0 Å². The van der Waals surface area contributed by atoms with Gasteiger partial charge in [-0.2, -0.15) is 4.57 Å². The predicted octanol–water partition coefficient (Wildman–Crippen LogP) is 10.5. The zero-order chi connectivity index (χ0) is 38.3. The first-order chi connectivity index (χ1) is 28.1. The second-order valence-corrected chi connectivity index (χ2v) is 17.0. The second kappa shape index (κ2) is 15.1. The molecule has 4 nitrogen and oxygen atoms in total. The number of thiazole rings is 2. The Morgan fingerprint density at radius 3 is 2.09 bits per heavy atom. The van der Waals surface area contributed by atoms with Gasteiger partial charge in [0.05, 0.1) is 16.3 Å². The summed E-state index contributed by atoms with van der Waals surface area (Å²) in [4.78, 5) is 16.9. The van der Waals surface area contributed by atoms with Gasteiger partial charge >= 0.3 is 0 Å². The van der Waals surface area contributed by atoms with E-state index in [0.29, 0.717) is 12.0 Å². The van der Waals surface area contributed by atoms with E-state index in [1.807, 2.05) is 34.9 Å². The van der Waals surface area contributed by atoms with Gasteiger partial charge in [-0.05, 0) is 108 Å². The number of benzene rings is 6. The molecular weight excluding hydrogens is 735 g/mol. The molecule has 278 valence electrons. The number of aromatic nitrogens is 2. The first-order valence-electron chi connectivity index (χ1n) is 19.9. The van der Waals surface area contributed by atoms with Crippen LogP contribution in [0.15, 0.2) is 163 Å². The summed E-state index contributed by atoms with van der Waals surface area (Å²) in [6.07, 6.45) is 10.2. The second-order valence-electron chi connectivity index (χ2n) is 14.9. The van der Waals surface area contributed by atoms with Crippen molar-refractivity contribution < 1.29 is 4.57 Å². The third kappa shape index (κ3) is 6.59. The SMILES string of the molecule is CC[n+]1c(/C=c2\s/c(=C/c3ccc4c(c3)C3CCCC3N4c3ccc(C=C(c4ccccc4)c4ccccc4)cc3)c(=O)n2-c2ccccc2)sc2ccccc21. The van der Waals surface area contributed by atoms with Gasteiger partial charge in [-0.25, -0.2) is 0 Å². The Labute approximate surface area is 340 Å². The Balaban J connectivity index is 1.02. The molecule has 0 N–H and O–H groups in total. The van der Waals surface area contributed by atoms with E-state index in [4.69, 9.17) is 0 Å². The molecule has 10 rings (SSSR count). The standard InChI is InChI=1S/C51H42N3OS2/c1-2-52-46-22-12-13-24-47(46)56-49(52)34-50-54(39-19-10-5-11-20-39)51(55)48(57-50)33-36-27-30-45-43(32-36)41-21-14-23-44(41)53(45)40-28-25-35(26-29-40)31-42(37-15-6-3-7-16-37)38-17-8-4-9-18-38/h3-13,15-20,22,24-34,41,44H,2,14,21,23H2,1H3/q+1/b48-33+. The van der Waals surface area contributed by atoms with E-state index in [2.05, 4.69) is 162 Å². The molecule has 1 fully saturated rings. The van der Waals surface area contributed by atoms with Gasteiger partial charge < -0.3 is 4.90 Å². The maximum atomic E-state index is 14.3. The van der Waals surface area contributed by atoms with E-state index in [0.717, 1.165) is 32.0 Å². The maximum absolute atomic E-state index is 14.3. The van der Waals surface area contributed by atoms with Crippen LogP contribution in [-0.4, -0.2) is 10.6 Å². The molecule has 6 heteroatoms. The molecule has 0 bridgehead atoms. The van der Waals surface area contributed by atoms with Crippen LogP contribution in [-0.2, 0) is 6.54 Å². The number of para-hydroxylation sites is 2. The normalized spacial score (nSPS) is 16.6. The monoisotopic (exact) mass is 776 g/mol. The minimum atomic E-state index is 0.0132. The average Bonchev–Trinajstić information content (AvgIpc) is 4.02. The van der Waals surface area contributed by atoms with Crippen LogP contribution in [0.5, 0.6) is 0 Å². The molecule has 1 saturated carbocycles. The summed E-state index contributed by atoms with van der Waals surface area (Å²) in [6, 6.07) is 56.2. The summed E-state index contributed by atoms with van der Waals surface area (Å²) in [5, 5.41) is 1.14. The summed E-state index contributed by atoms with van der Waals surface area (Å²) in [5.41, 5.74) is 11.9. The molecule has 8 aromatic rings. The van der Waals surface area contributed by atoms with E-state index in [1.54, 1.807) is 22.7 Å². The molecule has 2 atom stereocenters. The van der Waals surface area contributed by atoms with Gasteiger partial charge in [0.1, 0.15) is 15.9 Å². The van der Waals surface area contributed by atoms with Gasteiger partial charge in [0.2, 0.25) is 5.52 Å². The fourth-order valence-corrected chi connectivity index (χ4v) is 11.2. The number of fused-ring (bicyclic) bond motifs is 4. The Bertz CT molecular complexity index is 2900. The quantitative estimate of drug-likeness (QED) is 0.114. The van der Waals surface area contributed by atoms with Crippen LogP contribution < -0.4 is 24.2 Å². The molecule has 6 aromatic carbocycles. The average molecular weight is 777 g/mol. The highest BCUT2D eigenvalue weighted by molar-refractivity contribution is 7.19. The Kier molecular flexibility index (Phi) is 9.37. The zero-order valence-corrected chi connectivity index (χ0v) is 33.4. The number of anilines is 2. The first kappa shape index (κ1) is 35.3. The molecule has 0 spiro atoms. The van der Waals surface area contributed by atoms with Gasteiger partial charge in [-0.1, -0.05) is 127 Å². The molecule has 3 heterocycles. The smallest absolute Gasteiger partial charge is 0.273 e. The highest BCUT2D eigenvalue weighted by atomic mass is 32.1. The summed E-state index contributed by atoms with van der Waals surface area (Å²) < 4.78 is 7.12. The summed E-state index contributed by atoms with van der Waals surface area (Å²) >= 11 is 3.34. The number of hydrogen-bond acceptors (Lipinski definition) is 4. The molecule has 1 aliphatic heterocycles. The third-order valence-electron chi connectivity index (χ3n) is 11.5. The van der Waals surface area contributed by atoms with Crippen molar-refractivity contribution in [1.29, 1.82) is 0 Å². The van der Waals surface area contributed by atoms with Crippen molar-refractivity contribution in [2.24, 2.45) is 0 Å². The van der Waals surface area contributed by atoms with Crippen molar-refractivity contribution in [3.63, 3.8) is 0 Å². The molecule has 2 aliphatic rings. The number of hydrogen-bond donors (Lipinski definition) is 0. The molecule has 2 aromatic heterocycles. The van der Waals surface area contributed by atoms with E-state index >= 15 is 0 Å². The van der Waals surface area contributed by atoms with Crippen LogP contribution in [0, 0.1) is 0 Å². The van der Waals surface area contributed by atoms with Gasteiger partial charge in [0.15, 0.2) is 0 Å². The Hall–Kier alpha value is -6.08. The zero-order valence-electron chi connectivity index (χ0n) is 31.8. The van der Waals surface area contributed by atoms with Crippen molar-refractivity contribution in [3.8, 4) is 5.69 Å². The fraction of sp³-hybridized carbons (Fsp3) is 0.137. The van der Waals surface area contributed by atoms with Crippen molar-refractivity contribution in [2.45, 2.75) is 44.7 Å².